The van der Waals surface area contributed by atoms with Crippen LogP contribution in [0.3, 0.4) is 0 Å². The van der Waals surface area contributed by atoms with E-state index >= 15 is 0 Å². The number of nitrogens with zero attached hydrogens (tertiary/aromatic N) is 1. The lowest BCUT2D eigenvalue weighted by Gasteiger charge is -2.26. The largest absolute Gasteiger partial charge is 0.395 e. The Hall–Kier alpha value is -0.880. The molecule has 0 bridgehead atoms. The number of carbonyl (C=O) groups excluding carboxylic acids is 3. The highest BCUT2D eigenvalue weighted by molar-refractivity contribution is 8.28. The van der Waals surface area contributed by atoms with E-state index in [1.165, 1.54) is 11.8 Å². The van der Waals surface area contributed by atoms with Gasteiger partial charge in [-0.1, -0.05) is 6.92 Å². The number of Topliss-reactive ketones (excluding diaryl/α,β-unsaturated/α-hetero) is 1. The number of hydrogen-bond donors (Lipinski definition) is 0. The number of amides is 2. The van der Waals surface area contributed by atoms with Crippen LogP contribution in [0.15, 0.2) is 0 Å². The molecule has 0 aromatic carbocycles. The molecule has 0 aliphatic carbocycles. The number of ketones is 1. The molecule has 0 spiro atoms. The van der Waals surface area contributed by atoms with Gasteiger partial charge in [0.1, 0.15) is 5.78 Å². The summed E-state index contributed by atoms with van der Waals surface area (Å²) in [6.45, 7) is 3.60. The van der Waals surface area contributed by atoms with Crippen molar-refractivity contribution in [1.82, 2.24) is 4.90 Å². The van der Waals surface area contributed by atoms with Gasteiger partial charge in [-0.05, 0) is 17.2 Å². The first kappa shape index (κ1) is 15.2. The highest BCUT2D eigenvalue weighted by Gasteiger charge is 2.36. The minimum Gasteiger partial charge on any atom is -0.395 e. The van der Waals surface area contributed by atoms with E-state index in [-0.39, 0.29) is 29.9 Å². The Morgan fingerprint density at radius 3 is 2.50 bits per heavy atom. The van der Waals surface area contributed by atoms with Gasteiger partial charge in [-0.15, -0.1) is 0 Å². The first-order valence-corrected chi connectivity index (χ1v) is 8.43. The fourth-order valence-corrected chi connectivity index (χ4v) is 3.37. The molecule has 0 aromatic rings. The first-order valence-electron chi connectivity index (χ1n) is 6.05. The summed E-state index contributed by atoms with van der Waals surface area (Å²) in [7, 11) is -1.65. The van der Waals surface area contributed by atoms with Gasteiger partial charge >= 0.3 is 0 Å². The predicted octanol–water partition coefficient (Wildman–Crippen LogP) is 0.434. The lowest BCUT2D eigenvalue weighted by atomic mass is 10.1. The summed E-state index contributed by atoms with van der Waals surface area (Å²) in [5, 5.41) is 0. The number of carbonyl (C=O) groups is 3. The fourth-order valence-electron chi connectivity index (χ4n) is 1.85. The Bertz CT molecular complexity index is 367. The van der Waals surface area contributed by atoms with Crippen molar-refractivity contribution in [3.05, 3.63) is 0 Å². The van der Waals surface area contributed by atoms with Crippen molar-refractivity contribution in [3.8, 4) is 0 Å². The molecule has 6 heteroatoms. The molecule has 2 atom stereocenters. The molecular formula is C12H22NO4S+. The second-order valence-corrected chi connectivity index (χ2v) is 8.49. The van der Waals surface area contributed by atoms with Crippen LogP contribution in [0.1, 0.15) is 26.7 Å². The van der Waals surface area contributed by atoms with E-state index in [4.69, 9.17) is 4.55 Å². The van der Waals surface area contributed by atoms with Gasteiger partial charge in [0.2, 0.25) is 11.8 Å². The summed E-state index contributed by atoms with van der Waals surface area (Å²) in [5.74, 6) is 0.666. The first-order chi connectivity index (χ1) is 8.23. The van der Waals surface area contributed by atoms with Crippen molar-refractivity contribution in [2.24, 2.45) is 5.92 Å². The molecule has 0 saturated carbocycles. The molecule has 18 heavy (non-hydrogen) atoms. The normalized spacial score (nSPS) is 25.1. The van der Waals surface area contributed by atoms with Gasteiger partial charge in [-0.25, -0.2) is 0 Å². The van der Waals surface area contributed by atoms with Crippen LogP contribution in [-0.4, -0.2) is 51.4 Å². The fraction of sp³-hybridized carbons (Fsp3) is 0.750. The lowest BCUT2D eigenvalue weighted by Crippen LogP contribution is -2.34. The molecule has 5 nitrogen and oxygen atoms in total. The second kappa shape index (κ2) is 5.84. The van der Waals surface area contributed by atoms with Gasteiger partial charge in [-0.3, -0.25) is 19.3 Å². The summed E-state index contributed by atoms with van der Waals surface area (Å²) in [4.78, 5) is 35.5. The third kappa shape index (κ3) is 4.10. The molecule has 0 radical (unpaired) electrons. The van der Waals surface area contributed by atoms with Gasteiger partial charge in [0.05, 0.1) is 5.75 Å². The second-order valence-electron chi connectivity index (χ2n) is 5.12. The van der Waals surface area contributed by atoms with Gasteiger partial charge in [0.15, 0.2) is 0 Å². The third-order valence-corrected chi connectivity index (χ3v) is 5.33. The van der Waals surface area contributed by atoms with Gasteiger partial charge in [0.25, 0.3) is 0 Å². The molecule has 2 N–H and O–H groups in total. The van der Waals surface area contributed by atoms with Crippen LogP contribution in [0.5, 0.6) is 0 Å². The number of hydrogen-bond acceptors (Lipinski definition) is 3. The summed E-state index contributed by atoms with van der Waals surface area (Å²) in [5.41, 5.74) is 0. The summed E-state index contributed by atoms with van der Waals surface area (Å²) < 4.78 is 8.15. The summed E-state index contributed by atoms with van der Waals surface area (Å²) >= 11 is 0. The van der Waals surface area contributed by atoms with E-state index in [9.17, 15) is 14.4 Å². The van der Waals surface area contributed by atoms with Crippen LogP contribution in [0, 0.1) is 5.92 Å². The van der Waals surface area contributed by atoms with Crippen molar-refractivity contribution in [2.75, 3.05) is 24.3 Å². The average molecular weight is 276 g/mol. The number of imide groups is 1. The van der Waals surface area contributed by atoms with Gasteiger partial charge in [-0.2, -0.15) is 0 Å². The molecular weight excluding hydrogens is 254 g/mol. The monoisotopic (exact) mass is 276 g/mol. The van der Waals surface area contributed by atoms with Crippen molar-refractivity contribution in [2.45, 2.75) is 26.7 Å². The third-order valence-electron chi connectivity index (χ3n) is 3.14. The quantitative estimate of drug-likeness (QED) is 0.521. The van der Waals surface area contributed by atoms with Crippen molar-refractivity contribution < 1.29 is 18.9 Å². The molecule has 1 aliphatic heterocycles. The zero-order valence-electron chi connectivity index (χ0n) is 11.2. The Labute approximate surface area is 109 Å². The Kier molecular flexibility index (Phi) is 4.92. The molecule has 1 fully saturated rings. The topological polar surface area (TPSA) is 77.3 Å². The molecule has 104 valence electrons. The van der Waals surface area contributed by atoms with E-state index in [0.29, 0.717) is 24.5 Å². The van der Waals surface area contributed by atoms with Crippen LogP contribution in [0.2, 0.25) is 0 Å². The zero-order chi connectivity index (χ0) is 13.9. The molecule has 1 rings (SSSR count). The Morgan fingerprint density at radius 2 is 2.06 bits per heavy atom. The minimum atomic E-state index is -1.65. The Morgan fingerprint density at radius 1 is 1.44 bits per heavy atom. The molecule has 1 heterocycles. The predicted molar refractivity (Wildman–Crippen MR) is 72.7 cm³/mol. The van der Waals surface area contributed by atoms with Crippen LogP contribution in [-0.2, 0) is 14.4 Å². The summed E-state index contributed by atoms with van der Waals surface area (Å²) in [6, 6.07) is 0. The van der Waals surface area contributed by atoms with Crippen LogP contribution in [0.4, 0.5) is 0 Å². The molecule has 2 amide bonds. The van der Waals surface area contributed by atoms with E-state index in [0.717, 1.165) is 0 Å². The van der Waals surface area contributed by atoms with E-state index in [1.54, 1.807) is 6.92 Å². The van der Waals surface area contributed by atoms with Gasteiger partial charge < -0.3 is 4.55 Å². The van der Waals surface area contributed by atoms with E-state index in [2.05, 4.69) is 0 Å². The highest BCUT2D eigenvalue weighted by Crippen LogP contribution is 2.39. The number of rotatable bonds is 6. The molecule has 0 aromatic heterocycles. The van der Waals surface area contributed by atoms with Crippen LogP contribution < -0.4 is 0 Å². The SMILES string of the molecule is CC(=O)CCS(C)([OH2+])CCN1C(=O)CC(C)C1=O. The minimum absolute atomic E-state index is 0.0860. The number of likely N-dealkylation sites (tertiary alicyclic amines) is 1. The average Bonchev–Trinajstić information content (AvgIpc) is 2.49. The van der Waals surface area contributed by atoms with E-state index < -0.39 is 10.3 Å². The lowest BCUT2D eigenvalue weighted by molar-refractivity contribution is -0.138. The Balaban J connectivity index is 2.46. The molecule has 1 saturated heterocycles. The molecule has 2 unspecified atom stereocenters. The maximum absolute atomic E-state index is 11.7. The van der Waals surface area contributed by atoms with Crippen LogP contribution >= 0.6 is 10.3 Å². The smallest absolute Gasteiger partial charge is 0.232 e. The van der Waals surface area contributed by atoms with Crippen molar-refractivity contribution >= 4 is 27.9 Å². The standard InChI is InChI=1S/C12H21NO4S/c1-9-8-11(15)13(12(9)16)5-7-18(3,17)6-4-10(2)14/h9,17H,4-8H2,1-3H3/p+1. The maximum atomic E-state index is 11.7. The maximum Gasteiger partial charge on any atom is 0.232 e. The van der Waals surface area contributed by atoms with Crippen molar-refractivity contribution in [1.29, 1.82) is 0 Å². The zero-order valence-corrected chi connectivity index (χ0v) is 12.0. The van der Waals surface area contributed by atoms with Crippen LogP contribution in [0.25, 0.3) is 0 Å². The highest BCUT2D eigenvalue weighted by atomic mass is 32.3. The molecule has 1 aliphatic rings. The van der Waals surface area contributed by atoms with E-state index in [1.807, 2.05) is 6.26 Å². The summed E-state index contributed by atoms with van der Waals surface area (Å²) in [6.07, 6.45) is 2.52. The van der Waals surface area contributed by atoms with Gasteiger partial charge in [0, 0.05) is 37.3 Å². The van der Waals surface area contributed by atoms with Crippen molar-refractivity contribution in [3.63, 3.8) is 0 Å².